The van der Waals surface area contributed by atoms with Crippen LogP contribution in [0, 0.1) is 0 Å². The third kappa shape index (κ3) is 8.74. The van der Waals surface area contributed by atoms with Crippen molar-refractivity contribution in [2.75, 3.05) is 0 Å². The van der Waals surface area contributed by atoms with Crippen LogP contribution in [0.4, 0.5) is 0 Å². The van der Waals surface area contributed by atoms with Gasteiger partial charge in [-0.3, -0.25) is 13.6 Å². The number of rotatable bonds is 6. The molecular weight excluding hydrogens is 511 g/mol. The summed E-state index contributed by atoms with van der Waals surface area (Å²) in [5.41, 5.74) is 0. The summed E-state index contributed by atoms with van der Waals surface area (Å²) >= 11 is 13.0. The molecule has 0 aliphatic rings. The smallest absolute Gasteiger partial charge is 0.284 e. The normalized spacial score (nSPS) is 15.6. The predicted molar refractivity (Wildman–Crippen MR) is 83.4 cm³/mol. The Morgan fingerprint density at radius 2 is 1.29 bits per heavy atom. The Morgan fingerprint density at radius 1 is 0.941 bits per heavy atom. The van der Waals surface area contributed by atoms with E-state index in [4.69, 9.17) is 13.6 Å². The molecule has 0 rings (SSSR count). The SMILES string of the molecule is CC(C)OP(=O)(OC(C)C)OC(Br)C(Br)(Br)Br. The first-order valence-electron chi connectivity index (χ1n) is 4.82. The van der Waals surface area contributed by atoms with Gasteiger partial charge in [-0.2, -0.15) is 0 Å². The van der Waals surface area contributed by atoms with Crippen molar-refractivity contribution in [2.24, 2.45) is 0 Å². The van der Waals surface area contributed by atoms with Gasteiger partial charge < -0.3 is 0 Å². The predicted octanol–water partition coefficient (Wildman–Crippen LogP) is 5.52. The van der Waals surface area contributed by atoms with Crippen LogP contribution < -0.4 is 0 Å². The molecule has 1 unspecified atom stereocenters. The van der Waals surface area contributed by atoms with Crippen molar-refractivity contribution in [3.8, 4) is 0 Å². The highest BCUT2D eigenvalue weighted by molar-refractivity contribution is 9.40. The Hall–Kier alpha value is 2.03. The molecule has 0 heterocycles. The summed E-state index contributed by atoms with van der Waals surface area (Å²) in [7, 11) is -3.62. The average Bonchev–Trinajstić information content (AvgIpc) is 1.96. The summed E-state index contributed by atoms with van der Waals surface area (Å²) < 4.78 is 27.3. The quantitative estimate of drug-likeness (QED) is 0.338. The van der Waals surface area contributed by atoms with E-state index in [0.717, 1.165) is 0 Å². The van der Waals surface area contributed by atoms with Gasteiger partial charge in [0.1, 0.15) is 0 Å². The number of phosphoric acid groups is 1. The van der Waals surface area contributed by atoms with Crippen molar-refractivity contribution in [2.45, 2.75) is 47.1 Å². The lowest BCUT2D eigenvalue weighted by Gasteiger charge is -2.27. The monoisotopic (exact) mass is 522 g/mol. The van der Waals surface area contributed by atoms with Crippen molar-refractivity contribution in [3.63, 3.8) is 0 Å². The highest BCUT2D eigenvalue weighted by Gasteiger charge is 2.39. The maximum Gasteiger partial charge on any atom is 0.476 e. The summed E-state index contributed by atoms with van der Waals surface area (Å²) in [6, 6.07) is 0. The van der Waals surface area contributed by atoms with E-state index in [9.17, 15) is 4.57 Å². The molecule has 0 aromatic carbocycles. The number of phosphoric ester groups is 1. The Balaban J connectivity index is 4.76. The first kappa shape index (κ1) is 19.0. The summed E-state index contributed by atoms with van der Waals surface area (Å²) in [5, 5.41) is -0.654. The molecule has 0 radical (unpaired) electrons. The van der Waals surface area contributed by atoms with Gasteiger partial charge in [0.2, 0.25) is 0 Å². The van der Waals surface area contributed by atoms with Gasteiger partial charge in [-0.15, -0.1) is 0 Å². The minimum absolute atomic E-state index is 0.269. The highest BCUT2D eigenvalue weighted by atomic mass is 80.0. The standard InChI is InChI=1S/C8H15Br4O4P/c1-5(2)14-17(13,15-6(3)4)16-7(9)8(10,11)12/h5-7H,1-4H3. The van der Waals surface area contributed by atoms with Crippen LogP contribution in [-0.2, 0) is 18.1 Å². The minimum Gasteiger partial charge on any atom is -0.284 e. The fourth-order valence-corrected chi connectivity index (χ4v) is 3.66. The second-order valence-electron chi connectivity index (χ2n) is 3.72. The van der Waals surface area contributed by atoms with E-state index in [2.05, 4.69) is 63.7 Å². The molecule has 0 amide bonds. The Kier molecular flexibility index (Phi) is 8.64. The summed E-state index contributed by atoms with van der Waals surface area (Å²) in [6.45, 7) is 7.03. The first-order valence-corrected chi connectivity index (χ1v) is 9.58. The lowest BCUT2D eigenvalue weighted by Crippen LogP contribution is -2.22. The average molecular weight is 526 g/mol. The molecule has 17 heavy (non-hydrogen) atoms. The van der Waals surface area contributed by atoms with E-state index >= 15 is 0 Å². The van der Waals surface area contributed by atoms with Gasteiger partial charge in [-0.25, -0.2) is 4.57 Å². The summed E-state index contributed by atoms with van der Waals surface area (Å²) in [4.78, 5) is 0. The summed E-state index contributed by atoms with van der Waals surface area (Å²) in [5.74, 6) is 0. The van der Waals surface area contributed by atoms with E-state index in [1.807, 2.05) is 0 Å². The molecule has 0 aliphatic heterocycles. The van der Waals surface area contributed by atoms with Crippen LogP contribution in [0.25, 0.3) is 0 Å². The van der Waals surface area contributed by atoms with Crippen LogP contribution in [0.3, 0.4) is 0 Å². The molecular formula is C8H15Br4O4P. The number of halogens is 4. The van der Waals surface area contributed by atoms with E-state index in [0.29, 0.717) is 0 Å². The van der Waals surface area contributed by atoms with Gasteiger partial charge in [0, 0.05) is 0 Å². The van der Waals surface area contributed by atoms with Crippen LogP contribution >= 0.6 is 71.5 Å². The molecule has 0 bridgehead atoms. The molecule has 0 saturated carbocycles. The minimum atomic E-state index is -3.62. The zero-order valence-electron chi connectivity index (χ0n) is 9.82. The fraction of sp³-hybridized carbons (Fsp3) is 1.00. The molecule has 0 N–H and O–H groups in total. The zero-order valence-corrected chi connectivity index (χ0v) is 17.1. The molecule has 0 aromatic rings. The largest absolute Gasteiger partial charge is 0.476 e. The maximum atomic E-state index is 12.3. The molecule has 1 atom stereocenters. The van der Waals surface area contributed by atoms with E-state index < -0.39 is 15.0 Å². The van der Waals surface area contributed by atoms with Crippen LogP contribution in [0.5, 0.6) is 0 Å². The molecule has 9 heteroatoms. The first-order chi connectivity index (χ1) is 7.46. The summed E-state index contributed by atoms with van der Waals surface area (Å²) in [6.07, 6.45) is -0.538. The van der Waals surface area contributed by atoms with Gasteiger partial charge >= 0.3 is 7.82 Å². The molecule has 4 nitrogen and oxygen atoms in total. The molecule has 0 fully saturated rings. The van der Waals surface area contributed by atoms with Gasteiger partial charge in [0.25, 0.3) is 0 Å². The molecule has 104 valence electrons. The van der Waals surface area contributed by atoms with Crippen LogP contribution in [0.15, 0.2) is 0 Å². The number of alkyl halides is 4. The Morgan fingerprint density at radius 3 is 1.53 bits per heavy atom. The number of hydrogen-bond acceptors (Lipinski definition) is 4. The molecule has 0 saturated heterocycles. The lowest BCUT2D eigenvalue weighted by atomic mass is 10.5. The van der Waals surface area contributed by atoms with Gasteiger partial charge in [-0.1, -0.05) is 63.7 Å². The van der Waals surface area contributed by atoms with Crippen molar-refractivity contribution in [1.82, 2.24) is 0 Å². The van der Waals surface area contributed by atoms with Crippen molar-refractivity contribution in [3.05, 3.63) is 0 Å². The van der Waals surface area contributed by atoms with E-state index in [1.54, 1.807) is 27.7 Å². The van der Waals surface area contributed by atoms with Crippen molar-refractivity contribution < 1.29 is 18.1 Å². The zero-order chi connectivity index (χ0) is 13.9. The van der Waals surface area contributed by atoms with Crippen LogP contribution in [0.2, 0.25) is 0 Å². The second-order valence-corrected chi connectivity index (χ2v) is 13.0. The van der Waals surface area contributed by atoms with Crippen molar-refractivity contribution in [1.29, 1.82) is 0 Å². The Labute approximate surface area is 136 Å². The van der Waals surface area contributed by atoms with Crippen LogP contribution in [0.1, 0.15) is 27.7 Å². The van der Waals surface area contributed by atoms with E-state index in [1.165, 1.54) is 0 Å². The van der Waals surface area contributed by atoms with Gasteiger partial charge in [0.05, 0.1) is 12.2 Å². The Bertz CT molecular complexity index is 265. The molecule has 0 spiro atoms. The fourth-order valence-electron chi connectivity index (χ4n) is 0.764. The maximum absolute atomic E-state index is 12.3. The third-order valence-electron chi connectivity index (χ3n) is 1.16. The highest BCUT2D eigenvalue weighted by Crippen LogP contribution is 2.57. The second kappa shape index (κ2) is 7.72. The molecule has 0 aliphatic carbocycles. The van der Waals surface area contributed by atoms with Gasteiger partial charge in [0.15, 0.2) is 7.16 Å². The molecule has 0 aromatic heterocycles. The van der Waals surface area contributed by atoms with Gasteiger partial charge in [-0.05, 0) is 27.7 Å². The topological polar surface area (TPSA) is 44.8 Å². The van der Waals surface area contributed by atoms with Crippen LogP contribution in [-0.4, -0.2) is 19.4 Å². The third-order valence-corrected chi connectivity index (χ3v) is 7.24. The van der Waals surface area contributed by atoms with E-state index in [-0.39, 0.29) is 12.2 Å². The number of hydrogen-bond donors (Lipinski definition) is 0. The lowest BCUT2D eigenvalue weighted by molar-refractivity contribution is 0.0697. The van der Waals surface area contributed by atoms with Crippen molar-refractivity contribution >= 4 is 71.5 Å².